The maximum atomic E-state index is 14.0. The van der Waals surface area contributed by atoms with E-state index in [2.05, 4.69) is 5.32 Å². The van der Waals surface area contributed by atoms with Crippen LogP contribution in [0.25, 0.3) is 0 Å². The summed E-state index contributed by atoms with van der Waals surface area (Å²) in [5.41, 5.74) is 0.842. The summed E-state index contributed by atoms with van der Waals surface area (Å²) >= 11 is 12.3. The van der Waals surface area contributed by atoms with Crippen molar-refractivity contribution in [3.63, 3.8) is 0 Å². The Morgan fingerprint density at radius 2 is 1.63 bits per heavy atom. The van der Waals surface area contributed by atoms with Gasteiger partial charge in [0.1, 0.15) is 18.3 Å². The lowest BCUT2D eigenvalue weighted by Gasteiger charge is -2.32. The average Bonchev–Trinajstić information content (AvgIpc) is 2.97. The SMILES string of the molecule is CCCCNC(=O)[C@H](C)N(Cc1ccc(Cl)c(Cl)c1)C(=O)CN(c1ccccc1OCC)S(=O)(=O)c1ccccc1. The molecule has 0 unspecified atom stereocenters. The van der Waals surface area contributed by atoms with Crippen LogP contribution in [-0.2, 0) is 26.2 Å². The van der Waals surface area contributed by atoms with Crippen LogP contribution < -0.4 is 14.4 Å². The van der Waals surface area contributed by atoms with E-state index in [-0.39, 0.29) is 23.0 Å². The Labute approximate surface area is 252 Å². The van der Waals surface area contributed by atoms with Crippen LogP contribution in [0.3, 0.4) is 0 Å². The average molecular weight is 621 g/mol. The van der Waals surface area contributed by atoms with Gasteiger partial charge in [0.05, 0.1) is 27.2 Å². The fourth-order valence-electron chi connectivity index (χ4n) is 4.13. The molecule has 0 radical (unpaired) electrons. The molecule has 0 aliphatic carbocycles. The molecule has 0 spiro atoms. The highest BCUT2D eigenvalue weighted by molar-refractivity contribution is 7.92. The minimum Gasteiger partial charge on any atom is -0.492 e. The number of hydrogen-bond donors (Lipinski definition) is 1. The van der Waals surface area contributed by atoms with Crippen molar-refractivity contribution in [2.45, 2.75) is 51.1 Å². The molecule has 1 atom stereocenters. The molecule has 11 heteroatoms. The van der Waals surface area contributed by atoms with E-state index in [1.54, 1.807) is 74.5 Å². The van der Waals surface area contributed by atoms with Gasteiger partial charge in [-0.3, -0.25) is 13.9 Å². The molecule has 8 nitrogen and oxygen atoms in total. The van der Waals surface area contributed by atoms with Crippen molar-refractivity contribution in [3.05, 3.63) is 88.4 Å². The minimum atomic E-state index is -4.21. The van der Waals surface area contributed by atoms with E-state index in [0.29, 0.717) is 34.5 Å². The van der Waals surface area contributed by atoms with Crippen molar-refractivity contribution in [2.24, 2.45) is 0 Å². The topological polar surface area (TPSA) is 96.0 Å². The lowest BCUT2D eigenvalue weighted by Crippen LogP contribution is -2.51. The number of unbranched alkanes of at least 4 members (excludes halogenated alkanes) is 1. The number of para-hydroxylation sites is 2. The summed E-state index contributed by atoms with van der Waals surface area (Å²) < 4.78 is 34.7. The Hall–Kier alpha value is -3.27. The molecule has 0 saturated carbocycles. The zero-order valence-electron chi connectivity index (χ0n) is 23.3. The third-order valence-corrected chi connectivity index (χ3v) is 8.89. The second-order valence-corrected chi connectivity index (χ2v) is 12.0. The third-order valence-electron chi connectivity index (χ3n) is 6.38. The van der Waals surface area contributed by atoms with Crippen LogP contribution in [0.5, 0.6) is 5.75 Å². The summed E-state index contributed by atoms with van der Waals surface area (Å²) in [6, 6.07) is 18.5. The molecular weight excluding hydrogens is 585 g/mol. The zero-order valence-corrected chi connectivity index (χ0v) is 25.7. The van der Waals surface area contributed by atoms with Crippen LogP contribution in [-0.4, -0.2) is 50.9 Å². The van der Waals surface area contributed by atoms with E-state index in [4.69, 9.17) is 27.9 Å². The van der Waals surface area contributed by atoms with Gasteiger partial charge in [0, 0.05) is 13.1 Å². The third kappa shape index (κ3) is 8.38. The molecule has 3 aromatic carbocycles. The number of nitrogens with zero attached hydrogens (tertiary/aromatic N) is 2. The Kier molecular flexibility index (Phi) is 11.9. The molecule has 2 amide bonds. The van der Waals surface area contributed by atoms with E-state index in [1.807, 2.05) is 6.92 Å². The van der Waals surface area contributed by atoms with Gasteiger partial charge in [-0.05, 0) is 62.2 Å². The molecule has 0 bridgehead atoms. The number of carbonyl (C=O) groups excluding carboxylic acids is 2. The lowest BCUT2D eigenvalue weighted by atomic mass is 10.1. The van der Waals surface area contributed by atoms with Crippen LogP contribution in [0, 0.1) is 0 Å². The molecule has 3 aromatic rings. The van der Waals surface area contributed by atoms with Crippen molar-refractivity contribution >= 4 is 50.7 Å². The van der Waals surface area contributed by atoms with Crippen LogP contribution in [0.15, 0.2) is 77.7 Å². The van der Waals surface area contributed by atoms with E-state index in [1.165, 1.54) is 17.0 Å². The van der Waals surface area contributed by atoms with Crippen LogP contribution in [0.4, 0.5) is 5.69 Å². The summed E-state index contributed by atoms with van der Waals surface area (Å²) in [6.07, 6.45) is 1.68. The van der Waals surface area contributed by atoms with Gasteiger partial charge in [-0.25, -0.2) is 8.42 Å². The van der Waals surface area contributed by atoms with Gasteiger partial charge in [0.15, 0.2) is 0 Å². The first-order valence-corrected chi connectivity index (χ1v) is 15.6. The first-order chi connectivity index (χ1) is 19.6. The number of carbonyl (C=O) groups is 2. The number of rotatable bonds is 14. The van der Waals surface area contributed by atoms with E-state index in [9.17, 15) is 18.0 Å². The van der Waals surface area contributed by atoms with Gasteiger partial charge >= 0.3 is 0 Å². The summed E-state index contributed by atoms with van der Waals surface area (Å²) in [5.74, 6) is -0.622. The van der Waals surface area contributed by atoms with E-state index < -0.39 is 28.5 Å². The van der Waals surface area contributed by atoms with Gasteiger partial charge in [-0.1, -0.05) is 72.9 Å². The number of amides is 2. The van der Waals surface area contributed by atoms with Gasteiger partial charge in [0.2, 0.25) is 11.8 Å². The van der Waals surface area contributed by atoms with Crippen LogP contribution >= 0.6 is 23.2 Å². The second kappa shape index (κ2) is 15.1. The maximum Gasteiger partial charge on any atom is 0.264 e. The first kappa shape index (κ1) is 32.2. The smallest absolute Gasteiger partial charge is 0.264 e. The number of anilines is 1. The highest BCUT2D eigenvalue weighted by Crippen LogP contribution is 2.33. The van der Waals surface area contributed by atoms with Crippen molar-refractivity contribution in [1.82, 2.24) is 10.2 Å². The van der Waals surface area contributed by atoms with Crippen LogP contribution in [0.1, 0.15) is 39.2 Å². The number of sulfonamides is 1. The lowest BCUT2D eigenvalue weighted by molar-refractivity contribution is -0.139. The predicted molar refractivity (Wildman–Crippen MR) is 163 cm³/mol. The molecule has 0 aliphatic heterocycles. The zero-order chi connectivity index (χ0) is 30.0. The van der Waals surface area contributed by atoms with Crippen LogP contribution in [0.2, 0.25) is 10.0 Å². The number of hydrogen-bond acceptors (Lipinski definition) is 5. The van der Waals surface area contributed by atoms with E-state index in [0.717, 1.165) is 17.1 Å². The van der Waals surface area contributed by atoms with Gasteiger partial charge < -0.3 is 15.0 Å². The second-order valence-electron chi connectivity index (χ2n) is 9.32. The van der Waals surface area contributed by atoms with E-state index >= 15 is 0 Å². The summed E-state index contributed by atoms with van der Waals surface area (Å²) in [6.45, 7) is 5.60. The Morgan fingerprint density at radius 1 is 0.951 bits per heavy atom. The molecular formula is C30H35Cl2N3O5S. The number of benzene rings is 3. The highest BCUT2D eigenvalue weighted by atomic mass is 35.5. The van der Waals surface area contributed by atoms with Gasteiger partial charge in [-0.2, -0.15) is 0 Å². The monoisotopic (exact) mass is 619 g/mol. The standard InChI is InChI=1S/C30H35Cl2N3O5S/c1-4-6-18-33-30(37)22(3)34(20-23-16-17-25(31)26(32)19-23)29(36)21-35(27-14-10-11-15-28(27)40-5-2)41(38,39)24-12-8-7-9-13-24/h7-17,19,22H,4-6,18,20-21H2,1-3H3,(H,33,37)/t22-/m0/s1. The van der Waals surface area contributed by atoms with Crippen molar-refractivity contribution in [1.29, 1.82) is 0 Å². The highest BCUT2D eigenvalue weighted by Gasteiger charge is 2.33. The minimum absolute atomic E-state index is 0.00438. The number of ether oxygens (including phenoxy) is 1. The molecule has 41 heavy (non-hydrogen) atoms. The molecule has 1 N–H and O–H groups in total. The molecule has 0 aliphatic rings. The molecule has 220 valence electrons. The number of nitrogens with one attached hydrogen (secondary N) is 1. The van der Waals surface area contributed by atoms with Crippen molar-refractivity contribution in [3.8, 4) is 5.75 Å². The van der Waals surface area contributed by atoms with Gasteiger partial charge in [0.25, 0.3) is 10.0 Å². The fourth-order valence-corrected chi connectivity index (χ4v) is 5.89. The first-order valence-electron chi connectivity index (χ1n) is 13.4. The summed E-state index contributed by atoms with van der Waals surface area (Å²) in [4.78, 5) is 28.5. The Bertz CT molecular complexity index is 1440. The molecule has 3 rings (SSSR count). The largest absolute Gasteiger partial charge is 0.492 e. The van der Waals surface area contributed by atoms with Gasteiger partial charge in [-0.15, -0.1) is 0 Å². The predicted octanol–water partition coefficient (Wildman–Crippen LogP) is 5.92. The Morgan fingerprint density at radius 3 is 2.29 bits per heavy atom. The molecule has 0 saturated heterocycles. The fraction of sp³-hybridized carbons (Fsp3) is 0.333. The van der Waals surface area contributed by atoms with Crippen molar-refractivity contribution < 1.29 is 22.7 Å². The summed E-state index contributed by atoms with van der Waals surface area (Å²) in [5, 5.41) is 3.51. The molecule has 0 heterocycles. The van der Waals surface area contributed by atoms with Crippen molar-refractivity contribution in [2.75, 3.05) is 24.0 Å². The molecule has 0 aromatic heterocycles. The Balaban J connectivity index is 2.05. The molecule has 0 fully saturated rings. The number of halogens is 2. The quantitative estimate of drug-likeness (QED) is 0.226. The summed E-state index contributed by atoms with van der Waals surface area (Å²) in [7, 11) is -4.21. The normalized spacial score (nSPS) is 11.9. The maximum absolute atomic E-state index is 14.0.